The van der Waals surface area contributed by atoms with Gasteiger partial charge in [-0.1, -0.05) is 11.6 Å². The van der Waals surface area contributed by atoms with Gasteiger partial charge in [0, 0.05) is 43.8 Å². The monoisotopic (exact) mass is 390 g/mol. The Labute approximate surface area is 165 Å². The molecule has 4 aliphatic rings. The van der Waals surface area contributed by atoms with Gasteiger partial charge in [-0.3, -0.25) is 4.79 Å². The number of carbonyl (C=O) groups excluding carboxylic acids is 1. The number of ether oxygens (including phenoxy) is 1. The number of carbonyl (C=O) groups is 1. The number of hydrogen-bond acceptors (Lipinski definition) is 5. The van der Waals surface area contributed by atoms with Crippen LogP contribution < -0.4 is 5.32 Å². The minimum Gasteiger partial charge on any atom is -0.381 e. The summed E-state index contributed by atoms with van der Waals surface area (Å²) in [7, 11) is 0. The summed E-state index contributed by atoms with van der Waals surface area (Å²) in [6, 6.07) is 2.40. The van der Waals surface area contributed by atoms with Crippen LogP contribution in [-0.4, -0.2) is 53.3 Å². The molecule has 2 aliphatic heterocycles. The molecule has 2 saturated carbocycles. The number of rotatable bonds is 4. The molecule has 4 fully saturated rings. The van der Waals surface area contributed by atoms with Crippen molar-refractivity contribution in [1.82, 2.24) is 15.1 Å². The third kappa shape index (κ3) is 3.66. The van der Waals surface area contributed by atoms with Gasteiger partial charge < -0.3 is 15.0 Å². The molecular weight excluding hydrogens is 364 g/mol. The molecule has 2 saturated heterocycles. The molecule has 3 heterocycles. The van der Waals surface area contributed by atoms with Crippen LogP contribution in [0.15, 0.2) is 6.07 Å². The highest BCUT2D eigenvalue weighted by Crippen LogP contribution is 2.45. The maximum Gasteiger partial charge on any atom is 0.225 e. The van der Waals surface area contributed by atoms with Gasteiger partial charge in [0.1, 0.15) is 0 Å². The Balaban J connectivity index is 1.19. The summed E-state index contributed by atoms with van der Waals surface area (Å²) in [5.41, 5.74) is 1.23. The highest BCUT2D eigenvalue weighted by molar-refractivity contribution is 6.29. The number of amides is 1. The fourth-order valence-corrected chi connectivity index (χ4v) is 5.35. The van der Waals surface area contributed by atoms with Gasteiger partial charge >= 0.3 is 0 Å². The molecule has 3 atom stereocenters. The summed E-state index contributed by atoms with van der Waals surface area (Å²) < 4.78 is 5.40. The van der Waals surface area contributed by atoms with E-state index in [1.165, 1.54) is 18.4 Å². The second-order valence-corrected chi connectivity index (χ2v) is 9.10. The van der Waals surface area contributed by atoms with Gasteiger partial charge in [-0.05, 0) is 62.3 Å². The molecule has 1 unspecified atom stereocenters. The van der Waals surface area contributed by atoms with Crippen molar-refractivity contribution in [2.24, 2.45) is 17.8 Å². The zero-order chi connectivity index (χ0) is 18.4. The smallest absolute Gasteiger partial charge is 0.225 e. The molecule has 1 aromatic heterocycles. The Morgan fingerprint density at radius 2 is 1.81 bits per heavy atom. The molecular formula is C20H27ClN4O2. The van der Waals surface area contributed by atoms with Gasteiger partial charge in [-0.2, -0.15) is 0 Å². The molecule has 1 N–H and O–H groups in total. The van der Waals surface area contributed by atoms with Crippen molar-refractivity contribution in [1.29, 1.82) is 0 Å². The topological polar surface area (TPSA) is 67.3 Å². The molecule has 0 aromatic carbocycles. The van der Waals surface area contributed by atoms with Crippen molar-refractivity contribution < 1.29 is 9.53 Å². The summed E-state index contributed by atoms with van der Waals surface area (Å²) >= 11 is 6.05. The number of aromatic nitrogens is 2. The van der Waals surface area contributed by atoms with Gasteiger partial charge in [0.05, 0.1) is 0 Å². The van der Waals surface area contributed by atoms with Gasteiger partial charge in [-0.25, -0.2) is 0 Å². The van der Waals surface area contributed by atoms with Crippen molar-refractivity contribution in [3.63, 3.8) is 0 Å². The van der Waals surface area contributed by atoms with Crippen molar-refractivity contribution in [2.75, 3.05) is 31.6 Å². The third-order valence-electron chi connectivity index (χ3n) is 6.78. The fraction of sp³-hybridized carbons (Fsp3) is 0.750. The fourth-order valence-electron chi connectivity index (χ4n) is 5.19. The van der Waals surface area contributed by atoms with Gasteiger partial charge in [0.2, 0.25) is 5.91 Å². The standard InChI is InChI=1S/C20H27ClN4O2/c21-18-9-17(12-1-2-12)19(24-23-18)22-16-7-14-10-25(11-15(14)8-16)20(26)13-3-5-27-6-4-13/h9,12-16H,1-8,10-11H2,(H,22,24)/t14-,15+,16?. The number of fused-ring (bicyclic) bond motifs is 1. The van der Waals surface area contributed by atoms with E-state index in [2.05, 4.69) is 20.4 Å². The molecule has 7 heteroatoms. The minimum absolute atomic E-state index is 0.178. The molecule has 0 radical (unpaired) electrons. The number of likely N-dealkylation sites (tertiary alicyclic amines) is 1. The summed E-state index contributed by atoms with van der Waals surface area (Å²) in [5, 5.41) is 12.5. The second kappa shape index (κ2) is 7.21. The Morgan fingerprint density at radius 3 is 2.48 bits per heavy atom. The van der Waals surface area contributed by atoms with E-state index in [1.54, 1.807) is 0 Å². The lowest BCUT2D eigenvalue weighted by molar-refractivity contribution is -0.137. The molecule has 1 amide bonds. The zero-order valence-electron chi connectivity index (χ0n) is 15.6. The Bertz CT molecular complexity index is 706. The van der Waals surface area contributed by atoms with E-state index < -0.39 is 0 Å². The molecule has 0 bridgehead atoms. The summed E-state index contributed by atoms with van der Waals surface area (Å²) in [5.74, 6) is 3.26. The van der Waals surface area contributed by atoms with Crippen molar-refractivity contribution in [3.05, 3.63) is 16.8 Å². The van der Waals surface area contributed by atoms with Crippen LogP contribution in [0.1, 0.15) is 50.0 Å². The van der Waals surface area contributed by atoms with E-state index in [4.69, 9.17) is 16.3 Å². The summed E-state index contributed by atoms with van der Waals surface area (Å²) in [4.78, 5) is 14.9. The highest BCUT2D eigenvalue weighted by atomic mass is 35.5. The Morgan fingerprint density at radius 1 is 1.11 bits per heavy atom. The normalized spacial score (nSPS) is 31.1. The highest BCUT2D eigenvalue weighted by Gasteiger charge is 2.44. The Hall–Kier alpha value is -1.40. The van der Waals surface area contributed by atoms with Crippen LogP contribution in [0.3, 0.4) is 0 Å². The van der Waals surface area contributed by atoms with Crippen LogP contribution in [0.25, 0.3) is 0 Å². The molecule has 6 nitrogen and oxygen atoms in total. The average molecular weight is 391 g/mol. The number of nitrogens with zero attached hydrogens (tertiary/aromatic N) is 3. The first-order chi connectivity index (χ1) is 13.2. The van der Waals surface area contributed by atoms with Crippen LogP contribution >= 0.6 is 11.6 Å². The van der Waals surface area contributed by atoms with Gasteiger partial charge in [-0.15, -0.1) is 10.2 Å². The molecule has 5 rings (SSSR count). The number of halogens is 1. The first kappa shape index (κ1) is 17.7. The van der Waals surface area contributed by atoms with Gasteiger partial charge in [0.25, 0.3) is 0 Å². The summed E-state index contributed by atoms with van der Waals surface area (Å²) in [6.07, 6.45) is 6.42. The van der Waals surface area contributed by atoms with Crippen LogP contribution in [0.5, 0.6) is 0 Å². The lowest BCUT2D eigenvalue weighted by Crippen LogP contribution is -2.38. The molecule has 1 aromatic rings. The Kier molecular flexibility index (Phi) is 4.72. The number of anilines is 1. The average Bonchev–Trinajstić information content (AvgIpc) is 3.35. The molecule has 27 heavy (non-hydrogen) atoms. The van der Waals surface area contributed by atoms with Crippen LogP contribution in [0, 0.1) is 17.8 Å². The van der Waals surface area contributed by atoms with E-state index >= 15 is 0 Å². The quantitative estimate of drug-likeness (QED) is 0.855. The predicted molar refractivity (Wildman–Crippen MR) is 103 cm³/mol. The molecule has 0 spiro atoms. The second-order valence-electron chi connectivity index (χ2n) is 8.71. The summed E-state index contributed by atoms with van der Waals surface area (Å²) in [6.45, 7) is 3.30. The number of hydrogen-bond donors (Lipinski definition) is 1. The van der Waals surface area contributed by atoms with Crippen LogP contribution in [0.4, 0.5) is 5.82 Å². The van der Waals surface area contributed by atoms with Crippen LogP contribution in [0.2, 0.25) is 5.15 Å². The molecule has 146 valence electrons. The minimum atomic E-state index is 0.178. The van der Waals surface area contributed by atoms with E-state index in [0.29, 0.717) is 34.9 Å². The lowest BCUT2D eigenvalue weighted by atomic mass is 9.98. The van der Waals surface area contributed by atoms with Crippen LogP contribution in [-0.2, 0) is 9.53 Å². The van der Waals surface area contributed by atoms with E-state index in [1.807, 2.05) is 6.07 Å². The molecule has 2 aliphatic carbocycles. The first-order valence-electron chi connectivity index (χ1n) is 10.3. The largest absolute Gasteiger partial charge is 0.381 e. The predicted octanol–water partition coefficient (Wildman–Crippen LogP) is 3.08. The van der Waals surface area contributed by atoms with Gasteiger partial charge in [0.15, 0.2) is 11.0 Å². The maximum atomic E-state index is 12.8. The third-order valence-corrected chi connectivity index (χ3v) is 6.97. The SMILES string of the molecule is O=C(C1CCOCC1)N1C[C@H]2CC(Nc3nnc(Cl)cc3C3CC3)C[C@H]2C1. The van der Waals surface area contributed by atoms with E-state index in [-0.39, 0.29) is 5.92 Å². The van der Waals surface area contributed by atoms with Crippen molar-refractivity contribution in [3.8, 4) is 0 Å². The lowest BCUT2D eigenvalue weighted by Gasteiger charge is -2.27. The number of nitrogens with one attached hydrogen (secondary N) is 1. The van der Waals surface area contributed by atoms with E-state index in [0.717, 1.165) is 57.8 Å². The maximum absolute atomic E-state index is 12.8. The first-order valence-corrected chi connectivity index (χ1v) is 10.7. The van der Waals surface area contributed by atoms with Crippen molar-refractivity contribution in [2.45, 2.75) is 50.5 Å². The zero-order valence-corrected chi connectivity index (χ0v) is 16.3. The van der Waals surface area contributed by atoms with Crippen molar-refractivity contribution >= 4 is 23.3 Å². The van der Waals surface area contributed by atoms with E-state index in [9.17, 15) is 4.79 Å².